The Bertz CT molecular complexity index is 504. The molecule has 1 aromatic carbocycles. The number of hydrogen-bond donors (Lipinski definition) is 1. The standard InChI is InChI=1S/C15H19NO5/c1-3-20-14(18)21-12-9-15(16-10-12,13(17)19-2)11-7-5-4-6-8-11/h4-8,12,16H,3,9-10H2,1-2H3/t12?,15-/m0/s1. The highest BCUT2D eigenvalue weighted by Crippen LogP contribution is 2.33. The molecule has 0 aliphatic carbocycles. The largest absolute Gasteiger partial charge is 0.508 e. The molecule has 1 unspecified atom stereocenters. The van der Waals surface area contributed by atoms with E-state index in [9.17, 15) is 9.59 Å². The minimum absolute atomic E-state index is 0.250. The quantitative estimate of drug-likeness (QED) is 0.850. The van der Waals surface area contributed by atoms with Crippen LogP contribution in [0.5, 0.6) is 0 Å². The van der Waals surface area contributed by atoms with Crippen LogP contribution in [-0.4, -0.2) is 38.5 Å². The molecule has 2 atom stereocenters. The summed E-state index contributed by atoms with van der Waals surface area (Å²) in [5, 5.41) is 3.13. The van der Waals surface area contributed by atoms with Gasteiger partial charge in [-0.15, -0.1) is 0 Å². The highest BCUT2D eigenvalue weighted by atomic mass is 16.7. The molecular formula is C15H19NO5. The maximum Gasteiger partial charge on any atom is 0.508 e. The molecule has 1 aromatic rings. The first kappa shape index (κ1) is 15.3. The second-order valence-electron chi connectivity index (χ2n) is 4.77. The summed E-state index contributed by atoms with van der Waals surface area (Å²) in [6.07, 6.45) is -0.857. The molecular weight excluding hydrogens is 274 g/mol. The molecule has 6 heteroatoms. The fourth-order valence-electron chi connectivity index (χ4n) is 2.54. The van der Waals surface area contributed by atoms with Gasteiger partial charge in [-0.3, -0.25) is 5.32 Å². The molecule has 1 fully saturated rings. The van der Waals surface area contributed by atoms with E-state index in [0.29, 0.717) is 13.0 Å². The number of rotatable bonds is 4. The van der Waals surface area contributed by atoms with Crippen molar-refractivity contribution in [1.29, 1.82) is 0 Å². The van der Waals surface area contributed by atoms with E-state index in [1.165, 1.54) is 7.11 Å². The molecule has 0 aromatic heterocycles. The first-order valence-corrected chi connectivity index (χ1v) is 6.84. The van der Waals surface area contributed by atoms with Crippen LogP contribution in [0.25, 0.3) is 0 Å². The average molecular weight is 293 g/mol. The summed E-state index contributed by atoms with van der Waals surface area (Å²) in [6, 6.07) is 9.26. The molecule has 1 heterocycles. The number of benzene rings is 1. The van der Waals surface area contributed by atoms with Crippen molar-refractivity contribution in [3.05, 3.63) is 35.9 Å². The zero-order valence-corrected chi connectivity index (χ0v) is 12.1. The van der Waals surface area contributed by atoms with Crippen molar-refractivity contribution >= 4 is 12.1 Å². The molecule has 1 saturated heterocycles. The Balaban J connectivity index is 2.17. The third-order valence-electron chi connectivity index (χ3n) is 3.49. The van der Waals surface area contributed by atoms with Gasteiger partial charge in [-0.2, -0.15) is 0 Å². The van der Waals surface area contributed by atoms with E-state index in [0.717, 1.165) is 5.56 Å². The van der Waals surface area contributed by atoms with Crippen LogP contribution >= 0.6 is 0 Å². The zero-order chi connectivity index (χ0) is 15.3. The summed E-state index contributed by atoms with van der Waals surface area (Å²) in [6.45, 7) is 2.32. The Hall–Kier alpha value is -2.08. The van der Waals surface area contributed by atoms with Gasteiger partial charge in [0, 0.05) is 13.0 Å². The lowest BCUT2D eigenvalue weighted by atomic mass is 9.88. The zero-order valence-electron chi connectivity index (χ0n) is 12.1. The van der Waals surface area contributed by atoms with Crippen molar-refractivity contribution in [2.24, 2.45) is 0 Å². The van der Waals surface area contributed by atoms with Gasteiger partial charge < -0.3 is 14.2 Å². The third-order valence-corrected chi connectivity index (χ3v) is 3.49. The Labute approximate surface area is 123 Å². The minimum Gasteiger partial charge on any atom is -0.467 e. The van der Waals surface area contributed by atoms with Crippen LogP contribution in [0.3, 0.4) is 0 Å². The fraction of sp³-hybridized carbons (Fsp3) is 0.467. The number of nitrogens with one attached hydrogen (secondary N) is 1. The van der Waals surface area contributed by atoms with Crippen molar-refractivity contribution in [2.75, 3.05) is 20.3 Å². The normalized spacial score (nSPS) is 24.4. The van der Waals surface area contributed by atoms with Gasteiger partial charge in [0.25, 0.3) is 0 Å². The number of methoxy groups -OCH3 is 1. The average Bonchev–Trinajstić information content (AvgIpc) is 2.92. The summed E-state index contributed by atoms with van der Waals surface area (Å²) < 4.78 is 14.9. The number of esters is 1. The molecule has 0 saturated carbocycles. The summed E-state index contributed by atoms with van der Waals surface area (Å²) >= 11 is 0. The molecule has 1 N–H and O–H groups in total. The molecule has 0 bridgehead atoms. The predicted octanol–water partition coefficient (Wildman–Crippen LogP) is 1.59. The first-order chi connectivity index (χ1) is 10.1. The maximum absolute atomic E-state index is 12.2. The van der Waals surface area contributed by atoms with Crippen LogP contribution in [0, 0.1) is 0 Å². The van der Waals surface area contributed by atoms with Crippen LogP contribution in [-0.2, 0) is 24.5 Å². The second-order valence-corrected chi connectivity index (χ2v) is 4.77. The van der Waals surface area contributed by atoms with Gasteiger partial charge >= 0.3 is 12.1 Å². The molecule has 21 heavy (non-hydrogen) atoms. The molecule has 6 nitrogen and oxygen atoms in total. The Morgan fingerprint density at radius 1 is 1.33 bits per heavy atom. The van der Waals surface area contributed by atoms with E-state index in [2.05, 4.69) is 5.32 Å². The van der Waals surface area contributed by atoms with Gasteiger partial charge in [-0.05, 0) is 12.5 Å². The van der Waals surface area contributed by atoms with E-state index in [1.807, 2.05) is 30.3 Å². The molecule has 0 spiro atoms. The highest BCUT2D eigenvalue weighted by molar-refractivity contribution is 5.83. The molecule has 2 rings (SSSR count). The van der Waals surface area contributed by atoms with E-state index >= 15 is 0 Å². The van der Waals surface area contributed by atoms with Crippen LogP contribution in [0.15, 0.2) is 30.3 Å². The Kier molecular flexibility index (Phi) is 4.80. The maximum atomic E-state index is 12.2. The summed E-state index contributed by atoms with van der Waals surface area (Å²) in [4.78, 5) is 23.6. The molecule has 114 valence electrons. The van der Waals surface area contributed by atoms with Crippen LogP contribution in [0.1, 0.15) is 18.9 Å². The number of ether oxygens (including phenoxy) is 3. The molecule has 0 amide bonds. The van der Waals surface area contributed by atoms with Crippen molar-refractivity contribution in [3.63, 3.8) is 0 Å². The van der Waals surface area contributed by atoms with Gasteiger partial charge in [0.2, 0.25) is 0 Å². The second kappa shape index (κ2) is 6.58. The lowest BCUT2D eigenvalue weighted by Crippen LogP contribution is -2.45. The predicted molar refractivity (Wildman–Crippen MR) is 74.7 cm³/mol. The lowest BCUT2D eigenvalue weighted by Gasteiger charge is -2.26. The highest BCUT2D eigenvalue weighted by Gasteiger charge is 2.49. The smallest absolute Gasteiger partial charge is 0.467 e. The van der Waals surface area contributed by atoms with Crippen molar-refractivity contribution in [2.45, 2.75) is 25.0 Å². The SMILES string of the molecule is CCOC(=O)OC1CN[C@](C(=O)OC)(c2ccccc2)C1. The van der Waals surface area contributed by atoms with Crippen LogP contribution < -0.4 is 5.32 Å². The first-order valence-electron chi connectivity index (χ1n) is 6.84. The molecule has 0 radical (unpaired) electrons. The van der Waals surface area contributed by atoms with Gasteiger partial charge in [-0.25, -0.2) is 9.59 Å². The summed E-state index contributed by atoms with van der Waals surface area (Å²) in [7, 11) is 1.34. The van der Waals surface area contributed by atoms with Crippen molar-refractivity contribution in [3.8, 4) is 0 Å². The minimum atomic E-state index is -0.993. The van der Waals surface area contributed by atoms with E-state index in [1.54, 1.807) is 6.92 Å². The molecule has 1 aliphatic heterocycles. The van der Waals surface area contributed by atoms with Crippen molar-refractivity contribution in [1.82, 2.24) is 5.32 Å². The Morgan fingerprint density at radius 2 is 2.05 bits per heavy atom. The summed E-state index contributed by atoms with van der Waals surface area (Å²) in [5.74, 6) is -0.399. The van der Waals surface area contributed by atoms with Gasteiger partial charge in [-0.1, -0.05) is 30.3 Å². The van der Waals surface area contributed by atoms with E-state index < -0.39 is 23.8 Å². The topological polar surface area (TPSA) is 73.9 Å². The monoisotopic (exact) mass is 293 g/mol. The third kappa shape index (κ3) is 3.16. The Morgan fingerprint density at radius 3 is 2.67 bits per heavy atom. The molecule has 1 aliphatic rings. The lowest BCUT2D eigenvalue weighted by molar-refractivity contribution is -0.148. The van der Waals surface area contributed by atoms with Gasteiger partial charge in [0.15, 0.2) is 0 Å². The van der Waals surface area contributed by atoms with E-state index in [4.69, 9.17) is 14.2 Å². The van der Waals surface area contributed by atoms with Crippen LogP contribution in [0.2, 0.25) is 0 Å². The van der Waals surface area contributed by atoms with Gasteiger partial charge in [0.05, 0.1) is 13.7 Å². The number of carbonyl (C=O) groups is 2. The number of carbonyl (C=O) groups excluding carboxylic acids is 2. The van der Waals surface area contributed by atoms with Crippen LogP contribution in [0.4, 0.5) is 4.79 Å². The van der Waals surface area contributed by atoms with Crippen molar-refractivity contribution < 1.29 is 23.8 Å². The number of hydrogen-bond acceptors (Lipinski definition) is 6. The van der Waals surface area contributed by atoms with Gasteiger partial charge in [0.1, 0.15) is 11.6 Å². The summed E-state index contributed by atoms with van der Waals surface area (Å²) in [5.41, 5.74) is -0.209. The van der Waals surface area contributed by atoms with E-state index in [-0.39, 0.29) is 6.61 Å². The fourth-order valence-corrected chi connectivity index (χ4v) is 2.54.